The van der Waals surface area contributed by atoms with E-state index < -0.39 is 20.5 Å². The maximum absolute atomic E-state index is 13.4. The van der Waals surface area contributed by atoms with Gasteiger partial charge in [0.1, 0.15) is 0 Å². The smallest absolute Gasteiger partial charge is 0.182 e. The van der Waals surface area contributed by atoms with Crippen LogP contribution < -0.4 is 5.73 Å². The van der Waals surface area contributed by atoms with E-state index in [1.54, 1.807) is 12.1 Å². The van der Waals surface area contributed by atoms with Crippen molar-refractivity contribution in [1.29, 1.82) is 0 Å². The molecule has 0 saturated heterocycles. The van der Waals surface area contributed by atoms with E-state index in [4.69, 9.17) is 10.5 Å². The fraction of sp³-hybridized carbons (Fsp3) is 0.429. The molecule has 0 aromatic heterocycles. The summed E-state index contributed by atoms with van der Waals surface area (Å²) in [6.45, 7) is 7.06. The van der Waals surface area contributed by atoms with Crippen LogP contribution in [0.4, 0.5) is 0 Å². The molecule has 1 aliphatic carbocycles. The number of benzene rings is 2. The molecule has 0 spiro atoms. The topological polar surface area (TPSA) is 69.4 Å². The fourth-order valence-corrected chi connectivity index (χ4v) is 6.31. The first kappa shape index (κ1) is 19.1. The van der Waals surface area contributed by atoms with E-state index in [9.17, 15) is 8.42 Å². The predicted molar refractivity (Wildman–Crippen MR) is 104 cm³/mol. The standard InChI is InChI=1S/C21H27NO3S/c1-4-25-14-21(13-22)19(17-9-5-15(2)6-10-17)20(21)26(23,24)18-11-7-16(3)8-12-18/h5-12,19-20H,4,13-14,22H2,1-3H3/t19-,20+,21-/m1/s1. The van der Waals surface area contributed by atoms with Crippen LogP contribution in [0, 0.1) is 19.3 Å². The Morgan fingerprint density at radius 3 is 2.04 bits per heavy atom. The summed E-state index contributed by atoms with van der Waals surface area (Å²) in [6, 6.07) is 15.1. The van der Waals surface area contributed by atoms with Crippen LogP contribution in [0.15, 0.2) is 53.4 Å². The second-order valence-electron chi connectivity index (χ2n) is 7.24. The lowest BCUT2D eigenvalue weighted by Crippen LogP contribution is -2.29. The summed E-state index contributed by atoms with van der Waals surface area (Å²) in [7, 11) is -3.50. The van der Waals surface area contributed by atoms with Crippen molar-refractivity contribution in [2.75, 3.05) is 19.8 Å². The molecule has 140 valence electrons. The Kier molecular flexibility index (Phi) is 5.24. The van der Waals surface area contributed by atoms with Gasteiger partial charge in [-0.15, -0.1) is 0 Å². The molecule has 0 heterocycles. The summed E-state index contributed by atoms with van der Waals surface area (Å²) < 4.78 is 32.4. The largest absolute Gasteiger partial charge is 0.381 e. The van der Waals surface area contributed by atoms with Crippen molar-refractivity contribution in [2.24, 2.45) is 11.1 Å². The van der Waals surface area contributed by atoms with E-state index in [1.807, 2.05) is 57.2 Å². The summed E-state index contributed by atoms with van der Waals surface area (Å²) in [5, 5.41) is -0.558. The lowest BCUT2D eigenvalue weighted by Gasteiger charge is -2.16. The summed E-state index contributed by atoms with van der Waals surface area (Å²) in [4.78, 5) is 0.358. The molecule has 0 aliphatic heterocycles. The molecule has 0 unspecified atom stereocenters. The maximum Gasteiger partial charge on any atom is 0.182 e. The second kappa shape index (κ2) is 7.14. The Balaban J connectivity index is 2.03. The van der Waals surface area contributed by atoms with Crippen LogP contribution in [0.25, 0.3) is 0 Å². The molecule has 2 aromatic rings. The van der Waals surface area contributed by atoms with Crippen molar-refractivity contribution in [3.63, 3.8) is 0 Å². The van der Waals surface area contributed by atoms with Crippen molar-refractivity contribution in [3.05, 3.63) is 65.2 Å². The average molecular weight is 374 g/mol. The molecule has 0 radical (unpaired) electrons. The maximum atomic E-state index is 13.4. The van der Waals surface area contributed by atoms with Gasteiger partial charge in [0.25, 0.3) is 0 Å². The lowest BCUT2D eigenvalue weighted by atomic mass is 9.99. The highest BCUT2D eigenvalue weighted by molar-refractivity contribution is 7.92. The molecule has 26 heavy (non-hydrogen) atoms. The number of ether oxygens (including phenoxy) is 1. The fourth-order valence-electron chi connectivity index (χ4n) is 3.86. The van der Waals surface area contributed by atoms with Crippen LogP contribution in [0.3, 0.4) is 0 Å². The van der Waals surface area contributed by atoms with Gasteiger partial charge < -0.3 is 10.5 Å². The van der Waals surface area contributed by atoms with E-state index in [1.165, 1.54) is 0 Å². The van der Waals surface area contributed by atoms with Gasteiger partial charge in [0, 0.05) is 24.5 Å². The highest BCUT2D eigenvalue weighted by Crippen LogP contribution is 2.63. The van der Waals surface area contributed by atoms with Gasteiger partial charge in [-0.2, -0.15) is 0 Å². The van der Waals surface area contributed by atoms with Gasteiger partial charge >= 0.3 is 0 Å². The average Bonchev–Trinajstić information content (AvgIpc) is 3.31. The molecule has 0 bridgehead atoms. The third-order valence-electron chi connectivity index (χ3n) is 5.45. The number of sulfone groups is 1. The lowest BCUT2D eigenvalue weighted by molar-refractivity contribution is 0.101. The zero-order valence-electron chi connectivity index (χ0n) is 15.6. The predicted octanol–water partition coefficient (Wildman–Crippen LogP) is 3.22. The number of nitrogens with two attached hydrogens (primary N) is 1. The van der Waals surface area contributed by atoms with Gasteiger partial charge in [-0.05, 0) is 38.5 Å². The minimum atomic E-state index is -3.50. The highest BCUT2D eigenvalue weighted by Gasteiger charge is 2.70. The van der Waals surface area contributed by atoms with Gasteiger partial charge in [0.15, 0.2) is 9.84 Å². The van der Waals surface area contributed by atoms with Crippen molar-refractivity contribution in [3.8, 4) is 0 Å². The molecule has 5 heteroatoms. The van der Waals surface area contributed by atoms with Crippen molar-refractivity contribution in [2.45, 2.75) is 36.8 Å². The first-order valence-corrected chi connectivity index (χ1v) is 10.6. The Bertz CT molecular complexity index is 859. The molecule has 1 fully saturated rings. The Labute approximate surface area is 156 Å². The van der Waals surface area contributed by atoms with Crippen molar-refractivity contribution >= 4 is 9.84 Å². The quantitative estimate of drug-likeness (QED) is 0.809. The number of hydrogen-bond acceptors (Lipinski definition) is 4. The Hall–Kier alpha value is -1.69. The highest BCUT2D eigenvalue weighted by atomic mass is 32.2. The zero-order valence-corrected chi connectivity index (χ0v) is 16.4. The number of hydrogen-bond donors (Lipinski definition) is 1. The first-order chi connectivity index (χ1) is 12.4. The number of aryl methyl sites for hydroxylation is 2. The van der Waals surface area contributed by atoms with E-state index in [0.717, 1.165) is 16.7 Å². The van der Waals surface area contributed by atoms with Crippen LogP contribution in [0.1, 0.15) is 29.5 Å². The molecule has 2 N–H and O–H groups in total. The summed E-state index contributed by atoms with van der Waals surface area (Å²) in [5.41, 5.74) is 8.74. The molecular weight excluding hydrogens is 346 g/mol. The molecule has 4 nitrogen and oxygen atoms in total. The zero-order chi connectivity index (χ0) is 18.9. The second-order valence-corrected chi connectivity index (χ2v) is 9.31. The third-order valence-corrected chi connectivity index (χ3v) is 7.79. The van der Waals surface area contributed by atoms with E-state index in [0.29, 0.717) is 18.1 Å². The van der Waals surface area contributed by atoms with Gasteiger partial charge in [0.2, 0.25) is 0 Å². The molecule has 1 saturated carbocycles. The molecule has 3 rings (SSSR count). The van der Waals surface area contributed by atoms with Gasteiger partial charge in [-0.25, -0.2) is 8.42 Å². The van der Waals surface area contributed by atoms with Crippen LogP contribution in [-0.2, 0) is 14.6 Å². The molecule has 1 aliphatic rings. The summed E-state index contributed by atoms with van der Waals surface area (Å²) >= 11 is 0. The number of rotatable bonds is 7. The Morgan fingerprint density at radius 1 is 1.00 bits per heavy atom. The summed E-state index contributed by atoms with van der Waals surface area (Å²) in [5.74, 6) is -0.147. The molecule has 2 aromatic carbocycles. The summed E-state index contributed by atoms with van der Waals surface area (Å²) in [6.07, 6.45) is 0. The van der Waals surface area contributed by atoms with E-state index in [2.05, 4.69) is 0 Å². The molecule has 3 atom stereocenters. The van der Waals surface area contributed by atoms with Crippen LogP contribution in [-0.4, -0.2) is 33.4 Å². The monoisotopic (exact) mass is 373 g/mol. The van der Waals surface area contributed by atoms with E-state index in [-0.39, 0.29) is 12.5 Å². The Morgan fingerprint density at radius 2 is 1.54 bits per heavy atom. The first-order valence-electron chi connectivity index (χ1n) is 9.02. The third kappa shape index (κ3) is 3.20. The SMILES string of the molecule is CCOC[C@]1(CN)[C@H](c2ccc(C)cc2)[C@@H]1S(=O)(=O)c1ccc(C)cc1. The molecule has 0 amide bonds. The van der Waals surface area contributed by atoms with Crippen LogP contribution in [0.5, 0.6) is 0 Å². The normalized spacial score (nSPS) is 25.2. The van der Waals surface area contributed by atoms with Gasteiger partial charge in [0.05, 0.1) is 16.8 Å². The van der Waals surface area contributed by atoms with Crippen molar-refractivity contribution in [1.82, 2.24) is 0 Å². The van der Waals surface area contributed by atoms with Crippen LogP contribution in [0.2, 0.25) is 0 Å². The minimum absolute atomic E-state index is 0.147. The van der Waals surface area contributed by atoms with Gasteiger partial charge in [-0.3, -0.25) is 0 Å². The van der Waals surface area contributed by atoms with Gasteiger partial charge in [-0.1, -0.05) is 47.5 Å². The molecular formula is C21H27NO3S. The van der Waals surface area contributed by atoms with Crippen LogP contribution >= 0.6 is 0 Å². The minimum Gasteiger partial charge on any atom is -0.381 e. The van der Waals surface area contributed by atoms with E-state index >= 15 is 0 Å². The van der Waals surface area contributed by atoms with Crippen molar-refractivity contribution < 1.29 is 13.2 Å².